The molecule has 1 heterocycles. The van der Waals surface area contributed by atoms with Gasteiger partial charge in [-0.15, -0.1) is 0 Å². The van der Waals surface area contributed by atoms with Gasteiger partial charge in [-0.3, -0.25) is 0 Å². The molecule has 1 fully saturated rings. The number of ether oxygens (including phenoxy) is 1. The molecule has 0 unspecified atom stereocenters. The number of rotatable bonds is 4. The molecule has 0 bridgehead atoms. The quantitative estimate of drug-likeness (QED) is 0.925. The van der Waals surface area contributed by atoms with Crippen LogP contribution in [0.4, 0.5) is 16.2 Å². The van der Waals surface area contributed by atoms with E-state index in [-0.39, 0.29) is 6.03 Å². The van der Waals surface area contributed by atoms with Crippen LogP contribution in [0.25, 0.3) is 0 Å². The summed E-state index contributed by atoms with van der Waals surface area (Å²) in [5, 5.41) is 3.05. The maximum atomic E-state index is 12.5. The highest BCUT2D eigenvalue weighted by Crippen LogP contribution is 2.21. The molecule has 5 nitrogen and oxygen atoms in total. The summed E-state index contributed by atoms with van der Waals surface area (Å²) in [6, 6.07) is 16.0. The molecule has 0 spiro atoms. The summed E-state index contributed by atoms with van der Waals surface area (Å²) in [4.78, 5) is 16.7. The van der Waals surface area contributed by atoms with Gasteiger partial charge in [0.25, 0.3) is 0 Å². The van der Waals surface area contributed by atoms with E-state index in [2.05, 4.69) is 35.3 Å². The number of para-hydroxylation sites is 1. The van der Waals surface area contributed by atoms with Crippen LogP contribution in [0.3, 0.4) is 0 Å². The van der Waals surface area contributed by atoms with Crippen molar-refractivity contribution >= 4 is 17.4 Å². The first-order chi connectivity index (χ1) is 12.2. The van der Waals surface area contributed by atoms with Crippen molar-refractivity contribution in [2.75, 3.05) is 43.5 Å². The van der Waals surface area contributed by atoms with E-state index in [9.17, 15) is 4.79 Å². The number of hydrogen-bond donors (Lipinski definition) is 1. The summed E-state index contributed by atoms with van der Waals surface area (Å²) in [5.74, 6) is 0.858. The molecule has 5 heteroatoms. The van der Waals surface area contributed by atoms with E-state index in [0.29, 0.717) is 13.1 Å². The number of methoxy groups -OCH3 is 1. The Balaban J connectivity index is 1.57. The lowest BCUT2D eigenvalue weighted by atomic mass is 10.1. The first-order valence-corrected chi connectivity index (χ1v) is 8.74. The molecule has 2 amide bonds. The van der Waals surface area contributed by atoms with Crippen molar-refractivity contribution in [1.29, 1.82) is 0 Å². The lowest BCUT2D eigenvalue weighted by Gasteiger charge is -2.36. The molecule has 2 aromatic carbocycles. The number of nitrogens with zero attached hydrogens (tertiary/aromatic N) is 2. The Kier molecular flexibility index (Phi) is 5.43. The fourth-order valence-corrected chi connectivity index (χ4v) is 3.11. The Hall–Kier alpha value is -2.69. The number of benzene rings is 2. The van der Waals surface area contributed by atoms with Crippen LogP contribution >= 0.6 is 0 Å². The third-order valence-electron chi connectivity index (χ3n) is 4.64. The van der Waals surface area contributed by atoms with Crippen molar-refractivity contribution in [2.45, 2.75) is 13.3 Å². The van der Waals surface area contributed by atoms with E-state index in [1.54, 1.807) is 7.11 Å². The van der Waals surface area contributed by atoms with Gasteiger partial charge in [0, 0.05) is 37.6 Å². The Labute approximate surface area is 149 Å². The zero-order valence-electron chi connectivity index (χ0n) is 14.9. The van der Waals surface area contributed by atoms with E-state index in [1.807, 2.05) is 35.2 Å². The predicted molar refractivity (Wildman–Crippen MR) is 102 cm³/mol. The molecular formula is C20H25N3O2. The number of amides is 2. The zero-order chi connectivity index (χ0) is 17.6. The number of piperazine rings is 1. The van der Waals surface area contributed by atoms with E-state index < -0.39 is 0 Å². The van der Waals surface area contributed by atoms with Gasteiger partial charge in [-0.05, 0) is 42.3 Å². The Morgan fingerprint density at radius 1 is 1.04 bits per heavy atom. The molecule has 0 radical (unpaired) electrons. The third-order valence-corrected chi connectivity index (χ3v) is 4.64. The number of anilines is 2. The predicted octanol–water partition coefficient (Wildman–Crippen LogP) is 3.61. The molecule has 0 saturated carbocycles. The molecule has 1 saturated heterocycles. The second-order valence-electron chi connectivity index (χ2n) is 6.11. The number of carbonyl (C=O) groups is 1. The molecule has 3 rings (SSSR count). The van der Waals surface area contributed by atoms with Gasteiger partial charge in [-0.25, -0.2) is 4.79 Å². The van der Waals surface area contributed by atoms with Crippen molar-refractivity contribution < 1.29 is 9.53 Å². The minimum atomic E-state index is -0.0183. The number of aryl methyl sites for hydroxylation is 1. The number of carbonyl (C=O) groups excluding carboxylic acids is 1. The first kappa shape index (κ1) is 17.1. The van der Waals surface area contributed by atoms with E-state index >= 15 is 0 Å². The van der Waals surface area contributed by atoms with Crippen LogP contribution in [0, 0.1) is 0 Å². The SMILES string of the molecule is CCc1ccccc1NC(=O)N1CCN(c2ccc(OC)cc2)CC1. The van der Waals surface area contributed by atoms with Crippen molar-refractivity contribution in [1.82, 2.24) is 4.90 Å². The molecule has 1 aliphatic rings. The summed E-state index contributed by atoms with van der Waals surface area (Å²) in [7, 11) is 1.67. The van der Waals surface area contributed by atoms with Crippen molar-refractivity contribution in [3.05, 3.63) is 54.1 Å². The molecule has 0 aliphatic carbocycles. The highest BCUT2D eigenvalue weighted by Gasteiger charge is 2.21. The minimum absolute atomic E-state index is 0.0183. The molecule has 2 aromatic rings. The third kappa shape index (κ3) is 4.05. The zero-order valence-corrected chi connectivity index (χ0v) is 14.9. The van der Waals surface area contributed by atoms with Crippen LogP contribution in [0.5, 0.6) is 5.75 Å². The lowest BCUT2D eigenvalue weighted by Crippen LogP contribution is -2.50. The highest BCUT2D eigenvalue weighted by atomic mass is 16.5. The van der Waals surface area contributed by atoms with Gasteiger partial charge >= 0.3 is 6.03 Å². The Bertz CT molecular complexity index is 707. The van der Waals surface area contributed by atoms with E-state index in [4.69, 9.17) is 4.74 Å². The fourth-order valence-electron chi connectivity index (χ4n) is 3.11. The molecule has 25 heavy (non-hydrogen) atoms. The second-order valence-corrected chi connectivity index (χ2v) is 6.11. The van der Waals surface area contributed by atoms with Gasteiger partial charge in [-0.1, -0.05) is 25.1 Å². The molecule has 0 aromatic heterocycles. The van der Waals surface area contributed by atoms with Crippen LogP contribution < -0.4 is 15.0 Å². The van der Waals surface area contributed by atoms with Crippen LogP contribution in [0.15, 0.2) is 48.5 Å². The maximum Gasteiger partial charge on any atom is 0.321 e. The van der Waals surface area contributed by atoms with Crippen LogP contribution in [0.1, 0.15) is 12.5 Å². The molecule has 1 aliphatic heterocycles. The average Bonchev–Trinajstić information content (AvgIpc) is 2.68. The number of hydrogen-bond acceptors (Lipinski definition) is 3. The standard InChI is InChI=1S/C20H25N3O2/c1-3-16-6-4-5-7-19(16)21-20(24)23-14-12-22(13-15-23)17-8-10-18(25-2)11-9-17/h4-11H,3,12-15H2,1-2H3,(H,21,24). The average molecular weight is 339 g/mol. The molecule has 1 N–H and O–H groups in total. The topological polar surface area (TPSA) is 44.8 Å². The van der Waals surface area contributed by atoms with Crippen molar-refractivity contribution in [3.8, 4) is 5.75 Å². The normalized spacial score (nSPS) is 14.3. The Morgan fingerprint density at radius 3 is 2.36 bits per heavy atom. The summed E-state index contributed by atoms with van der Waals surface area (Å²) < 4.78 is 5.20. The lowest BCUT2D eigenvalue weighted by molar-refractivity contribution is 0.208. The molecule has 132 valence electrons. The molecule has 0 atom stereocenters. The van der Waals surface area contributed by atoms with Crippen molar-refractivity contribution in [3.63, 3.8) is 0 Å². The van der Waals surface area contributed by atoms with Gasteiger partial charge in [-0.2, -0.15) is 0 Å². The van der Waals surface area contributed by atoms with Gasteiger partial charge in [0.2, 0.25) is 0 Å². The fraction of sp³-hybridized carbons (Fsp3) is 0.350. The van der Waals surface area contributed by atoms with Gasteiger partial charge < -0.3 is 19.9 Å². The monoisotopic (exact) mass is 339 g/mol. The van der Waals surface area contributed by atoms with Crippen LogP contribution in [-0.2, 0) is 6.42 Å². The summed E-state index contributed by atoms with van der Waals surface area (Å²) >= 11 is 0. The highest BCUT2D eigenvalue weighted by molar-refractivity contribution is 5.90. The van der Waals surface area contributed by atoms with Crippen LogP contribution in [0.2, 0.25) is 0 Å². The summed E-state index contributed by atoms with van der Waals surface area (Å²) in [6.45, 7) is 5.18. The summed E-state index contributed by atoms with van der Waals surface area (Å²) in [6.07, 6.45) is 0.904. The largest absolute Gasteiger partial charge is 0.497 e. The smallest absolute Gasteiger partial charge is 0.321 e. The minimum Gasteiger partial charge on any atom is -0.497 e. The molecular weight excluding hydrogens is 314 g/mol. The summed E-state index contributed by atoms with van der Waals surface area (Å²) in [5.41, 5.74) is 3.23. The first-order valence-electron chi connectivity index (χ1n) is 8.74. The second kappa shape index (κ2) is 7.92. The maximum absolute atomic E-state index is 12.5. The van der Waals surface area contributed by atoms with E-state index in [1.165, 1.54) is 0 Å². The van der Waals surface area contributed by atoms with Gasteiger partial charge in [0.1, 0.15) is 5.75 Å². The van der Waals surface area contributed by atoms with E-state index in [0.717, 1.165) is 42.2 Å². The van der Waals surface area contributed by atoms with Crippen molar-refractivity contribution in [2.24, 2.45) is 0 Å². The number of urea groups is 1. The Morgan fingerprint density at radius 2 is 1.72 bits per heavy atom. The van der Waals surface area contributed by atoms with Crippen LogP contribution in [-0.4, -0.2) is 44.2 Å². The number of nitrogens with one attached hydrogen (secondary N) is 1. The van der Waals surface area contributed by atoms with Gasteiger partial charge in [0.05, 0.1) is 7.11 Å². The van der Waals surface area contributed by atoms with Gasteiger partial charge in [0.15, 0.2) is 0 Å².